The van der Waals surface area contributed by atoms with Crippen LogP contribution in [0.15, 0.2) is 111 Å². The minimum absolute atomic E-state index is 0.0272. The molecule has 5 rings (SSSR count). The van der Waals surface area contributed by atoms with Crippen LogP contribution in [0.4, 0.5) is 35.2 Å². The molecular weight excluding hydrogens is 1030 g/mol. The van der Waals surface area contributed by atoms with Gasteiger partial charge in [0.1, 0.15) is 0 Å². The molecule has 0 bridgehead atoms. The van der Waals surface area contributed by atoms with E-state index in [4.69, 9.17) is 29.9 Å². The number of para-hydroxylation sites is 2. The fourth-order valence-electron chi connectivity index (χ4n) is 13.0. The van der Waals surface area contributed by atoms with Crippen molar-refractivity contribution in [1.82, 2.24) is 40.1 Å². The lowest BCUT2D eigenvalue weighted by Crippen LogP contribution is -2.35. The molecule has 4 aromatic rings. The third kappa shape index (κ3) is 26.0. The summed E-state index contributed by atoms with van der Waals surface area (Å²) in [4.78, 5) is 33.8. The highest BCUT2D eigenvalue weighted by Gasteiger charge is 2.38. The van der Waals surface area contributed by atoms with Gasteiger partial charge in [0, 0.05) is 44.1 Å². The summed E-state index contributed by atoms with van der Waals surface area (Å²) < 4.78 is 0. The van der Waals surface area contributed by atoms with Crippen molar-refractivity contribution in [3.05, 3.63) is 123 Å². The molecule has 84 heavy (non-hydrogen) atoms. The van der Waals surface area contributed by atoms with Crippen LogP contribution in [0.5, 0.6) is 0 Å². The van der Waals surface area contributed by atoms with Crippen molar-refractivity contribution in [3.8, 4) is 0 Å². The molecule has 1 fully saturated rings. The van der Waals surface area contributed by atoms with Crippen LogP contribution in [-0.2, 0) is 0 Å². The van der Waals surface area contributed by atoms with Crippen LogP contribution >= 0.6 is 0 Å². The Hall–Kier alpha value is -5.46. The summed E-state index contributed by atoms with van der Waals surface area (Å²) in [5, 5.41) is 14.2. The lowest BCUT2D eigenvalue weighted by atomic mass is 9.61. The Morgan fingerprint density at radius 3 is 1.38 bits per heavy atom. The van der Waals surface area contributed by atoms with Gasteiger partial charge in [-0.25, -0.2) is 0 Å². The fraction of sp³-hybridized carbons (Fsp3) is 0.639. The van der Waals surface area contributed by atoms with Gasteiger partial charge in [-0.3, -0.25) is 4.90 Å². The average molecular weight is 1150 g/mol. The Morgan fingerprint density at radius 2 is 0.893 bits per heavy atom. The Labute approximate surface area is 512 Å². The van der Waals surface area contributed by atoms with Gasteiger partial charge in [0.2, 0.25) is 23.8 Å². The average Bonchev–Trinajstić information content (AvgIpc) is 3.66. The number of rotatable bonds is 50. The van der Waals surface area contributed by atoms with Crippen LogP contribution in [0.2, 0.25) is 0 Å². The highest BCUT2D eigenvalue weighted by atomic mass is 15.3. The summed E-state index contributed by atoms with van der Waals surface area (Å²) in [6.07, 6.45) is 47.8. The molecule has 0 radical (unpaired) electrons. The summed E-state index contributed by atoms with van der Waals surface area (Å²) in [5.74, 6) is 7.68. The van der Waals surface area contributed by atoms with Crippen LogP contribution < -0.4 is 26.2 Å². The van der Waals surface area contributed by atoms with E-state index in [-0.39, 0.29) is 12.1 Å². The van der Waals surface area contributed by atoms with E-state index < -0.39 is 0 Å². The predicted molar refractivity (Wildman–Crippen MR) is 361 cm³/mol. The summed E-state index contributed by atoms with van der Waals surface area (Å²) >= 11 is 0. The zero-order chi connectivity index (χ0) is 59.7. The Balaban J connectivity index is 1.07. The van der Waals surface area contributed by atoms with Crippen LogP contribution in [0, 0.1) is 23.7 Å². The van der Waals surface area contributed by atoms with Crippen LogP contribution in [-0.4, -0.2) is 74.1 Å². The molecule has 0 saturated heterocycles. The van der Waals surface area contributed by atoms with Crippen LogP contribution in [0.1, 0.15) is 244 Å². The van der Waals surface area contributed by atoms with E-state index in [1.54, 1.807) is 0 Å². The summed E-state index contributed by atoms with van der Waals surface area (Å²) in [7, 11) is 0. The number of hydrogen-bond donors (Lipinski definition) is 4. The van der Waals surface area contributed by atoms with Gasteiger partial charge in [-0.2, -0.15) is 29.9 Å². The second kappa shape index (κ2) is 43.2. The molecular formula is C72H116N12. The molecule has 1 saturated carbocycles. The molecule has 2 aromatic heterocycles. The first-order valence-electron chi connectivity index (χ1n) is 33.9. The molecule has 6 unspecified atom stereocenters. The second-order valence-corrected chi connectivity index (χ2v) is 24.1. The number of nitrogens with zero attached hydrogens (tertiary/aromatic N) is 8. The van der Waals surface area contributed by atoms with E-state index in [1.165, 1.54) is 167 Å². The van der Waals surface area contributed by atoms with Gasteiger partial charge in [-0.05, 0) is 106 Å². The van der Waals surface area contributed by atoms with Crippen molar-refractivity contribution in [2.45, 2.75) is 232 Å². The smallest absolute Gasteiger partial charge is 0.232 e. The topological polar surface area (TPSA) is 132 Å². The van der Waals surface area contributed by atoms with Crippen molar-refractivity contribution in [1.29, 1.82) is 0 Å². The first kappa shape index (κ1) is 69.3. The minimum Gasteiger partial charge on any atom is -0.354 e. The number of aromatic nitrogens is 6. The summed E-state index contributed by atoms with van der Waals surface area (Å²) in [6.45, 7) is 29.6. The molecule has 4 N–H and O–H groups in total. The van der Waals surface area contributed by atoms with E-state index in [2.05, 4.69) is 85.1 Å². The Kier molecular flexibility index (Phi) is 35.6. The maximum absolute atomic E-state index is 4.99. The van der Waals surface area contributed by atoms with Crippen molar-refractivity contribution in [2.24, 2.45) is 23.7 Å². The zero-order valence-electron chi connectivity index (χ0n) is 53.4. The van der Waals surface area contributed by atoms with E-state index in [0.29, 0.717) is 36.9 Å². The number of anilines is 6. The number of nitrogens with one attached hydrogen (secondary N) is 4. The quantitative estimate of drug-likeness (QED) is 0.0248. The van der Waals surface area contributed by atoms with E-state index in [0.717, 1.165) is 98.6 Å². The van der Waals surface area contributed by atoms with Crippen LogP contribution in [0.25, 0.3) is 0 Å². The third-order valence-corrected chi connectivity index (χ3v) is 17.5. The maximum atomic E-state index is 4.99. The fourth-order valence-corrected chi connectivity index (χ4v) is 13.0. The predicted octanol–water partition coefficient (Wildman–Crippen LogP) is 19.4. The number of benzene rings is 2. The number of hydrogen-bond acceptors (Lipinski definition) is 12. The van der Waals surface area contributed by atoms with Gasteiger partial charge in [-0.1, -0.05) is 230 Å². The molecule has 6 atom stereocenters. The minimum atomic E-state index is 0.0272. The molecule has 12 heteroatoms. The molecule has 0 aliphatic heterocycles. The van der Waals surface area contributed by atoms with Crippen molar-refractivity contribution < 1.29 is 0 Å². The summed E-state index contributed by atoms with van der Waals surface area (Å²) in [5.41, 5.74) is 1.91. The highest BCUT2D eigenvalue weighted by Crippen LogP contribution is 2.48. The highest BCUT2D eigenvalue weighted by molar-refractivity contribution is 5.55. The van der Waals surface area contributed by atoms with Gasteiger partial charge in [0.25, 0.3) is 0 Å². The molecule has 1 aliphatic carbocycles. The normalized spacial score (nSPS) is 16.7. The Bertz CT molecular complexity index is 2320. The summed E-state index contributed by atoms with van der Waals surface area (Å²) in [6, 6.07) is 20.3. The second-order valence-electron chi connectivity index (χ2n) is 24.1. The van der Waals surface area contributed by atoms with E-state index in [1.807, 2.05) is 85.0 Å². The largest absolute Gasteiger partial charge is 0.354 e. The first-order chi connectivity index (χ1) is 41.4. The number of unbranched alkanes of at least 4 members (excludes halogenated alkanes) is 18. The maximum Gasteiger partial charge on any atom is 0.232 e. The molecule has 2 aromatic carbocycles. The lowest BCUT2D eigenvalue weighted by molar-refractivity contribution is 0.0581. The zero-order valence-corrected chi connectivity index (χ0v) is 53.4. The molecule has 0 amide bonds. The lowest BCUT2D eigenvalue weighted by Gasteiger charge is -2.44. The molecule has 1 aliphatic rings. The van der Waals surface area contributed by atoms with Crippen molar-refractivity contribution >= 4 is 35.2 Å². The third-order valence-electron chi connectivity index (χ3n) is 17.5. The van der Waals surface area contributed by atoms with Gasteiger partial charge in [0.05, 0.1) is 12.1 Å². The van der Waals surface area contributed by atoms with Gasteiger partial charge < -0.3 is 26.2 Å². The molecule has 2 heterocycles. The van der Waals surface area contributed by atoms with Crippen molar-refractivity contribution in [2.75, 3.05) is 60.1 Å². The van der Waals surface area contributed by atoms with Gasteiger partial charge >= 0.3 is 0 Å². The SMILES string of the molecule is C=CCN(CC=C)c1nc(Nc2ccccc2)nc(C(CC)NCCCCCCCCCC2C(CCCCCCCCCNc3nc(Nc4ccccc4)nc(C(CC)N(CC=C)CC=C)n3)CCC(CCCCCC)C2CCCCCC)n1. The molecule has 464 valence electrons. The Morgan fingerprint density at radius 1 is 0.452 bits per heavy atom. The van der Waals surface area contributed by atoms with E-state index in [9.17, 15) is 0 Å². The van der Waals surface area contributed by atoms with Gasteiger partial charge in [0.15, 0.2) is 11.6 Å². The van der Waals surface area contributed by atoms with Gasteiger partial charge in [-0.15, -0.1) is 26.3 Å². The van der Waals surface area contributed by atoms with Crippen molar-refractivity contribution in [3.63, 3.8) is 0 Å². The van der Waals surface area contributed by atoms with Crippen LogP contribution in [0.3, 0.4) is 0 Å². The van der Waals surface area contributed by atoms with E-state index >= 15 is 0 Å². The first-order valence-corrected chi connectivity index (χ1v) is 33.9. The molecule has 0 spiro atoms. The standard InChI is InChI=1S/C72H116N12/c1-9-17-19-33-43-59-51-52-60(44-34-27-23-21-26-30-42-54-74-69-78-68(66(16-8)83(55-11-3)56-12-4)79-70(81-69)75-61-45-35-31-36-46-61)64(63(59)49-39-20-18-10-2)50-40-28-24-22-25-29-41-53-73-65(15-7)67-77-71(76-62-47-37-32-38-48-62)82-72(80-67)84(57-13-5)58-14-6/h11-14,31-32,35-38,45-48,59-60,63-66,73H,3-6,9-10,15-30,33-34,39-44,49-58H2,1-2,7-8H3,(H,76,77,80,82)(H2,74,75,78,79,81). The molecule has 12 nitrogen and oxygen atoms in total. The monoisotopic (exact) mass is 1150 g/mol.